The lowest BCUT2D eigenvalue weighted by atomic mass is 10.0. The second-order valence-corrected chi connectivity index (χ2v) is 5.93. The van der Waals surface area contributed by atoms with Crippen molar-refractivity contribution in [1.29, 1.82) is 0 Å². The summed E-state index contributed by atoms with van der Waals surface area (Å²) in [5.74, 6) is 0.840. The van der Waals surface area contributed by atoms with Crippen LogP contribution in [-0.2, 0) is 11.3 Å². The standard InChI is InChI=1S/C17H25NO/c1-4-8-17(14-9-10-14)15(5-1)13-18-11-12-19-16-6-2-3-7-16/h1,4-5,8,14,16,18H,2-3,6-7,9-13H2. The summed E-state index contributed by atoms with van der Waals surface area (Å²) in [6.07, 6.45) is 8.54. The normalized spacial score (nSPS) is 20.0. The molecule has 0 radical (unpaired) electrons. The molecule has 0 saturated heterocycles. The predicted molar refractivity (Wildman–Crippen MR) is 78.3 cm³/mol. The van der Waals surface area contributed by atoms with Gasteiger partial charge >= 0.3 is 0 Å². The molecular weight excluding hydrogens is 234 g/mol. The first kappa shape index (κ1) is 13.1. The lowest BCUT2D eigenvalue weighted by Crippen LogP contribution is -2.22. The van der Waals surface area contributed by atoms with Gasteiger partial charge in [-0.15, -0.1) is 0 Å². The van der Waals surface area contributed by atoms with Crippen molar-refractivity contribution in [3.63, 3.8) is 0 Å². The van der Waals surface area contributed by atoms with Gasteiger partial charge in [-0.3, -0.25) is 0 Å². The van der Waals surface area contributed by atoms with E-state index in [1.54, 1.807) is 5.56 Å². The minimum Gasteiger partial charge on any atom is -0.377 e. The van der Waals surface area contributed by atoms with E-state index < -0.39 is 0 Å². The summed E-state index contributed by atoms with van der Waals surface area (Å²) in [4.78, 5) is 0. The Morgan fingerprint density at radius 3 is 2.63 bits per heavy atom. The summed E-state index contributed by atoms with van der Waals surface area (Å²) in [7, 11) is 0. The van der Waals surface area contributed by atoms with Crippen molar-refractivity contribution in [2.24, 2.45) is 0 Å². The zero-order chi connectivity index (χ0) is 12.9. The second kappa shape index (κ2) is 6.53. The smallest absolute Gasteiger partial charge is 0.0594 e. The van der Waals surface area contributed by atoms with Crippen LogP contribution in [0.2, 0.25) is 0 Å². The average molecular weight is 259 g/mol. The van der Waals surface area contributed by atoms with Crippen molar-refractivity contribution in [3.8, 4) is 0 Å². The Kier molecular flexibility index (Phi) is 4.52. The van der Waals surface area contributed by atoms with Crippen LogP contribution in [-0.4, -0.2) is 19.3 Å². The monoisotopic (exact) mass is 259 g/mol. The van der Waals surface area contributed by atoms with Crippen molar-refractivity contribution in [3.05, 3.63) is 35.4 Å². The zero-order valence-electron chi connectivity index (χ0n) is 11.7. The lowest BCUT2D eigenvalue weighted by molar-refractivity contribution is 0.0602. The van der Waals surface area contributed by atoms with Gasteiger partial charge in [0, 0.05) is 13.1 Å². The van der Waals surface area contributed by atoms with E-state index in [4.69, 9.17) is 4.74 Å². The van der Waals surface area contributed by atoms with E-state index in [0.29, 0.717) is 6.10 Å². The molecule has 1 aromatic carbocycles. The Bertz CT molecular complexity index is 394. The Balaban J connectivity index is 1.37. The van der Waals surface area contributed by atoms with Crippen LogP contribution < -0.4 is 5.32 Å². The van der Waals surface area contributed by atoms with Gasteiger partial charge in [0.25, 0.3) is 0 Å². The fraction of sp³-hybridized carbons (Fsp3) is 0.647. The first-order valence-electron chi connectivity index (χ1n) is 7.83. The third-order valence-corrected chi connectivity index (χ3v) is 4.32. The van der Waals surface area contributed by atoms with Crippen LogP contribution in [0.25, 0.3) is 0 Å². The van der Waals surface area contributed by atoms with Gasteiger partial charge in [-0.25, -0.2) is 0 Å². The summed E-state index contributed by atoms with van der Waals surface area (Å²) in [6.45, 7) is 2.81. The highest BCUT2D eigenvalue weighted by molar-refractivity contribution is 5.33. The third kappa shape index (κ3) is 3.80. The van der Waals surface area contributed by atoms with Crippen LogP contribution in [0.3, 0.4) is 0 Å². The molecule has 2 aliphatic rings. The van der Waals surface area contributed by atoms with E-state index >= 15 is 0 Å². The van der Waals surface area contributed by atoms with Gasteiger partial charge < -0.3 is 10.1 Å². The summed E-state index contributed by atoms with van der Waals surface area (Å²) in [5, 5.41) is 3.52. The molecule has 0 aromatic heterocycles. The highest BCUT2D eigenvalue weighted by Crippen LogP contribution is 2.41. The predicted octanol–water partition coefficient (Wildman–Crippen LogP) is 3.61. The SMILES string of the molecule is c1ccc(C2CC2)c(CNCCOC2CCCC2)c1. The fourth-order valence-electron chi connectivity index (χ4n) is 3.06. The molecule has 1 aromatic rings. The number of benzene rings is 1. The van der Waals surface area contributed by atoms with Crippen LogP contribution in [0.1, 0.15) is 55.6 Å². The van der Waals surface area contributed by atoms with Crippen LogP contribution in [0.15, 0.2) is 24.3 Å². The summed E-state index contributed by atoms with van der Waals surface area (Å²) < 4.78 is 5.87. The van der Waals surface area contributed by atoms with E-state index in [1.165, 1.54) is 44.1 Å². The molecule has 0 atom stereocenters. The minimum absolute atomic E-state index is 0.542. The second-order valence-electron chi connectivity index (χ2n) is 5.93. The topological polar surface area (TPSA) is 21.3 Å². The number of ether oxygens (including phenoxy) is 1. The molecule has 2 saturated carbocycles. The van der Waals surface area contributed by atoms with E-state index in [2.05, 4.69) is 29.6 Å². The van der Waals surface area contributed by atoms with E-state index in [1.807, 2.05) is 0 Å². The maximum atomic E-state index is 5.87. The summed E-state index contributed by atoms with van der Waals surface area (Å²) >= 11 is 0. The van der Waals surface area contributed by atoms with Gasteiger partial charge in [0.2, 0.25) is 0 Å². The average Bonchev–Trinajstić information content (AvgIpc) is 3.16. The van der Waals surface area contributed by atoms with Gasteiger partial charge in [-0.1, -0.05) is 37.1 Å². The molecule has 0 unspecified atom stereocenters. The summed E-state index contributed by atoms with van der Waals surface area (Å²) in [6, 6.07) is 8.88. The molecule has 0 aliphatic heterocycles. The van der Waals surface area contributed by atoms with E-state index in [9.17, 15) is 0 Å². The molecular formula is C17H25NO. The molecule has 2 aliphatic carbocycles. The van der Waals surface area contributed by atoms with Gasteiger partial charge in [-0.2, -0.15) is 0 Å². The van der Waals surface area contributed by atoms with Crippen molar-refractivity contribution >= 4 is 0 Å². The van der Waals surface area contributed by atoms with Gasteiger partial charge in [0.15, 0.2) is 0 Å². The first-order chi connectivity index (χ1) is 9.43. The van der Waals surface area contributed by atoms with E-state index in [-0.39, 0.29) is 0 Å². The Morgan fingerprint density at radius 1 is 1.05 bits per heavy atom. The molecule has 1 N–H and O–H groups in total. The number of hydrogen-bond donors (Lipinski definition) is 1. The Hall–Kier alpha value is -0.860. The molecule has 3 rings (SSSR count). The van der Waals surface area contributed by atoms with Crippen molar-refractivity contribution in [1.82, 2.24) is 5.32 Å². The van der Waals surface area contributed by atoms with Crippen molar-refractivity contribution in [2.45, 2.75) is 57.1 Å². The third-order valence-electron chi connectivity index (χ3n) is 4.32. The first-order valence-corrected chi connectivity index (χ1v) is 7.83. The molecule has 0 heterocycles. The Morgan fingerprint density at radius 2 is 1.84 bits per heavy atom. The van der Waals surface area contributed by atoms with Crippen LogP contribution in [0.5, 0.6) is 0 Å². The van der Waals surface area contributed by atoms with Crippen LogP contribution >= 0.6 is 0 Å². The molecule has 0 spiro atoms. The zero-order valence-corrected chi connectivity index (χ0v) is 11.7. The van der Waals surface area contributed by atoms with Crippen molar-refractivity contribution in [2.75, 3.05) is 13.2 Å². The molecule has 104 valence electrons. The minimum atomic E-state index is 0.542. The largest absolute Gasteiger partial charge is 0.377 e. The highest BCUT2D eigenvalue weighted by atomic mass is 16.5. The lowest BCUT2D eigenvalue weighted by Gasteiger charge is -2.13. The quantitative estimate of drug-likeness (QED) is 0.755. The molecule has 2 heteroatoms. The maximum Gasteiger partial charge on any atom is 0.0594 e. The molecule has 2 nitrogen and oxygen atoms in total. The number of nitrogens with one attached hydrogen (secondary N) is 1. The molecule has 2 fully saturated rings. The van der Waals surface area contributed by atoms with Crippen LogP contribution in [0, 0.1) is 0 Å². The van der Waals surface area contributed by atoms with E-state index in [0.717, 1.165) is 25.6 Å². The van der Waals surface area contributed by atoms with Gasteiger partial charge in [0.05, 0.1) is 12.7 Å². The number of hydrogen-bond acceptors (Lipinski definition) is 2. The van der Waals surface area contributed by atoms with Crippen LogP contribution in [0.4, 0.5) is 0 Å². The maximum absolute atomic E-state index is 5.87. The Labute approximate surface area is 116 Å². The molecule has 0 amide bonds. The molecule has 19 heavy (non-hydrogen) atoms. The number of rotatable bonds is 7. The fourth-order valence-corrected chi connectivity index (χ4v) is 3.06. The van der Waals surface area contributed by atoms with Crippen molar-refractivity contribution < 1.29 is 4.74 Å². The molecule has 0 bridgehead atoms. The summed E-state index contributed by atoms with van der Waals surface area (Å²) in [5.41, 5.74) is 3.04. The van der Waals surface area contributed by atoms with Gasteiger partial charge in [0.1, 0.15) is 0 Å². The van der Waals surface area contributed by atoms with Gasteiger partial charge in [-0.05, 0) is 42.7 Å². The highest BCUT2D eigenvalue weighted by Gasteiger charge is 2.25.